The highest BCUT2D eigenvalue weighted by Gasteiger charge is 2.34. The number of carbonyl (C=O) groups is 3. The van der Waals surface area contributed by atoms with E-state index in [1.807, 2.05) is 30.3 Å². The Kier molecular flexibility index (Phi) is 8.34. The second-order valence-corrected chi connectivity index (χ2v) is 8.25. The van der Waals surface area contributed by atoms with Crippen LogP contribution in [-0.4, -0.2) is 42.8 Å². The number of amides is 2. The highest BCUT2D eigenvalue weighted by Crippen LogP contribution is 2.24. The minimum atomic E-state index is -1.18. The van der Waals surface area contributed by atoms with Crippen molar-refractivity contribution in [2.24, 2.45) is 0 Å². The first-order valence-electron chi connectivity index (χ1n) is 10.2. The van der Waals surface area contributed by atoms with Crippen molar-refractivity contribution in [2.75, 3.05) is 12.0 Å². The maximum atomic E-state index is 14.5. The first-order chi connectivity index (χ1) is 15.0. The zero-order valence-corrected chi connectivity index (χ0v) is 18.9. The van der Waals surface area contributed by atoms with Crippen LogP contribution in [0, 0.1) is 5.82 Å². The van der Waals surface area contributed by atoms with Crippen molar-refractivity contribution in [3.63, 3.8) is 0 Å². The van der Waals surface area contributed by atoms with Crippen LogP contribution in [0.15, 0.2) is 54.6 Å². The molecule has 2 aromatic rings. The maximum absolute atomic E-state index is 14.5. The summed E-state index contributed by atoms with van der Waals surface area (Å²) in [6, 6.07) is 12.5. The van der Waals surface area contributed by atoms with E-state index >= 15 is 0 Å². The summed E-state index contributed by atoms with van der Waals surface area (Å²) in [7, 11) is 1.22. The van der Waals surface area contributed by atoms with Crippen LogP contribution in [0.2, 0.25) is 0 Å². The van der Waals surface area contributed by atoms with Crippen molar-refractivity contribution in [2.45, 2.75) is 51.8 Å². The van der Waals surface area contributed by atoms with Crippen LogP contribution >= 0.6 is 0 Å². The third-order valence-corrected chi connectivity index (χ3v) is 4.55. The number of benzene rings is 2. The van der Waals surface area contributed by atoms with Crippen LogP contribution in [0.5, 0.6) is 0 Å². The molecule has 2 rings (SSSR count). The average molecular weight is 445 g/mol. The average Bonchev–Trinajstić information content (AvgIpc) is 2.73. The summed E-state index contributed by atoms with van der Waals surface area (Å²) in [6.45, 7) is 6.44. The molecule has 0 radical (unpaired) electrons. The molecular weight excluding hydrogens is 415 g/mol. The molecule has 0 saturated carbocycles. The van der Waals surface area contributed by atoms with Crippen LogP contribution in [-0.2, 0) is 25.5 Å². The molecule has 0 aromatic heterocycles. The Morgan fingerprint density at radius 1 is 1.03 bits per heavy atom. The number of esters is 1. The zero-order valence-electron chi connectivity index (χ0n) is 18.9. The summed E-state index contributed by atoms with van der Waals surface area (Å²) < 4.78 is 24.8. The summed E-state index contributed by atoms with van der Waals surface area (Å²) in [5, 5.41) is 2.62. The van der Waals surface area contributed by atoms with Crippen molar-refractivity contribution in [3.05, 3.63) is 66.0 Å². The monoisotopic (exact) mass is 444 g/mol. The molecular formula is C24H29FN2O5. The molecule has 0 heterocycles. The number of methoxy groups -OCH3 is 1. The maximum Gasteiger partial charge on any atom is 0.415 e. The molecule has 172 valence electrons. The van der Waals surface area contributed by atoms with E-state index in [1.165, 1.54) is 32.2 Å². The van der Waals surface area contributed by atoms with E-state index in [0.717, 1.165) is 10.5 Å². The van der Waals surface area contributed by atoms with Gasteiger partial charge in [-0.15, -0.1) is 0 Å². The minimum absolute atomic E-state index is 0.109. The first kappa shape index (κ1) is 24.8. The Morgan fingerprint density at radius 3 is 2.19 bits per heavy atom. The highest BCUT2D eigenvalue weighted by atomic mass is 19.1. The molecule has 0 spiro atoms. The number of rotatable bonds is 7. The van der Waals surface area contributed by atoms with Crippen molar-refractivity contribution in [3.8, 4) is 0 Å². The molecule has 0 saturated heterocycles. The van der Waals surface area contributed by atoms with Crippen LogP contribution in [0.1, 0.15) is 33.3 Å². The van der Waals surface area contributed by atoms with Gasteiger partial charge in [-0.05, 0) is 45.4 Å². The minimum Gasteiger partial charge on any atom is -0.467 e. The van der Waals surface area contributed by atoms with Crippen LogP contribution in [0.25, 0.3) is 0 Å². The van der Waals surface area contributed by atoms with Crippen LogP contribution in [0.3, 0.4) is 0 Å². The fourth-order valence-corrected chi connectivity index (χ4v) is 3.02. The number of anilines is 1. The first-order valence-corrected chi connectivity index (χ1v) is 10.2. The lowest BCUT2D eigenvalue weighted by Gasteiger charge is -2.32. The lowest BCUT2D eigenvalue weighted by atomic mass is 10.1. The van der Waals surface area contributed by atoms with E-state index in [4.69, 9.17) is 9.47 Å². The van der Waals surface area contributed by atoms with Gasteiger partial charge in [-0.25, -0.2) is 14.0 Å². The number of hydrogen-bond acceptors (Lipinski definition) is 5. The van der Waals surface area contributed by atoms with Gasteiger partial charge in [0.15, 0.2) is 0 Å². The van der Waals surface area contributed by atoms with E-state index in [2.05, 4.69) is 5.32 Å². The van der Waals surface area contributed by atoms with Crippen molar-refractivity contribution < 1.29 is 28.2 Å². The molecule has 2 amide bonds. The molecule has 7 nitrogen and oxygen atoms in total. The summed E-state index contributed by atoms with van der Waals surface area (Å²) in [6.07, 6.45) is -0.694. The van der Waals surface area contributed by atoms with Gasteiger partial charge in [-0.1, -0.05) is 42.5 Å². The largest absolute Gasteiger partial charge is 0.467 e. The molecule has 0 aliphatic rings. The molecule has 0 aliphatic carbocycles. The molecule has 0 fully saturated rings. The number of para-hydroxylation sites is 1. The second-order valence-electron chi connectivity index (χ2n) is 8.25. The lowest BCUT2D eigenvalue weighted by molar-refractivity contribution is -0.145. The zero-order chi connectivity index (χ0) is 23.9. The fourth-order valence-electron chi connectivity index (χ4n) is 3.02. The molecule has 8 heteroatoms. The summed E-state index contributed by atoms with van der Waals surface area (Å²) >= 11 is 0. The smallest absolute Gasteiger partial charge is 0.415 e. The van der Waals surface area contributed by atoms with Gasteiger partial charge in [0.25, 0.3) is 0 Å². The van der Waals surface area contributed by atoms with E-state index < -0.39 is 41.5 Å². The van der Waals surface area contributed by atoms with Crippen molar-refractivity contribution in [1.82, 2.24) is 5.32 Å². The third-order valence-electron chi connectivity index (χ3n) is 4.55. The molecule has 0 bridgehead atoms. The van der Waals surface area contributed by atoms with Gasteiger partial charge < -0.3 is 14.8 Å². The predicted octanol–water partition coefficient (Wildman–Crippen LogP) is 3.86. The summed E-state index contributed by atoms with van der Waals surface area (Å²) in [5.41, 5.74) is -0.158. The van der Waals surface area contributed by atoms with Crippen LogP contribution < -0.4 is 10.2 Å². The van der Waals surface area contributed by atoms with Gasteiger partial charge in [0.2, 0.25) is 5.91 Å². The second kappa shape index (κ2) is 10.7. The van der Waals surface area contributed by atoms with E-state index in [-0.39, 0.29) is 12.1 Å². The highest BCUT2D eigenvalue weighted by molar-refractivity contribution is 5.98. The van der Waals surface area contributed by atoms with Gasteiger partial charge >= 0.3 is 12.1 Å². The lowest BCUT2D eigenvalue weighted by Crippen LogP contribution is -2.54. The van der Waals surface area contributed by atoms with Gasteiger partial charge in [0.05, 0.1) is 12.8 Å². The number of nitrogens with zero attached hydrogens (tertiary/aromatic N) is 1. The molecule has 32 heavy (non-hydrogen) atoms. The molecule has 2 aromatic carbocycles. The Labute approximate surface area is 187 Å². The predicted molar refractivity (Wildman–Crippen MR) is 119 cm³/mol. The summed E-state index contributed by atoms with van der Waals surface area (Å²) in [4.78, 5) is 39.2. The Bertz CT molecular complexity index is 943. The number of nitrogens with one attached hydrogen (secondary N) is 1. The quantitative estimate of drug-likeness (QED) is 0.656. The molecule has 2 atom stereocenters. The molecule has 0 unspecified atom stereocenters. The summed E-state index contributed by atoms with van der Waals surface area (Å²) in [5.74, 6) is -1.98. The van der Waals surface area contributed by atoms with Gasteiger partial charge in [0.1, 0.15) is 23.5 Å². The standard InChI is InChI=1S/C24H29FN2O5/c1-16(21(28)26-19(22(29)31-5)15-17-11-7-6-8-12-17)27(23(30)32-24(2,3)4)20-14-10-9-13-18(20)25/h6-14,16,19H,15H2,1-5H3,(H,26,28)/t16-,19+/m0/s1. The normalized spacial score (nSPS) is 12.9. The Morgan fingerprint density at radius 2 is 1.62 bits per heavy atom. The van der Waals surface area contributed by atoms with Crippen molar-refractivity contribution in [1.29, 1.82) is 0 Å². The number of halogens is 1. The SMILES string of the molecule is COC(=O)[C@@H](Cc1ccccc1)NC(=O)[C@H](C)N(C(=O)OC(C)(C)C)c1ccccc1F. The number of carbonyl (C=O) groups excluding carboxylic acids is 3. The number of ether oxygens (including phenoxy) is 2. The Hall–Kier alpha value is -3.42. The van der Waals surface area contributed by atoms with Crippen molar-refractivity contribution >= 4 is 23.7 Å². The van der Waals surface area contributed by atoms with Crippen LogP contribution in [0.4, 0.5) is 14.9 Å². The van der Waals surface area contributed by atoms with E-state index in [0.29, 0.717) is 0 Å². The third kappa shape index (κ3) is 6.80. The number of hydrogen-bond donors (Lipinski definition) is 1. The van der Waals surface area contributed by atoms with Gasteiger partial charge in [-0.3, -0.25) is 9.69 Å². The topological polar surface area (TPSA) is 84.9 Å². The van der Waals surface area contributed by atoms with Gasteiger partial charge in [0, 0.05) is 6.42 Å². The fraction of sp³-hybridized carbons (Fsp3) is 0.375. The van der Waals surface area contributed by atoms with E-state index in [9.17, 15) is 18.8 Å². The Balaban J connectivity index is 2.31. The van der Waals surface area contributed by atoms with E-state index in [1.54, 1.807) is 26.8 Å². The van der Waals surface area contributed by atoms with Gasteiger partial charge in [-0.2, -0.15) is 0 Å². The molecule has 1 N–H and O–H groups in total. The molecule has 0 aliphatic heterocycles.